The molecule has 0 radical (unpaired) electrons. The number of hydrazone groups is 1. The van der Waals surface area contributed by atoms with Gasteiger partial charge < -0.3 is 0 Å². The zero-order chi connectivity index (χ0) is 16.4. The van der Waals surface area contributed by atoms with Crippen LogP contribution in [0.15, 0.2) is 65.9 Å². The SMILES string of the molecule is C/C(=N\Nc1nncc2nc3ccccc3nc12)c1ccccc1. The third kappa shape index (κ3) is 2.65. The first kappa shape index (κ1) is 14.2. The van der Waals surface area contributed by atoms with Gasteiger partial charge in [-0.05, 0) is 24.6 Å². The average molecular weight is 314 g/mol. The van der Waals surface area contributed by atoms with E-state index >= 15 is 0 Å². The van der Waals surface area contributed by atoms with Crippen LogP contribution in [0.3, 0.4) is 0 Å². The highest BCUT2D eigenvalue weighted by molar-refractivity contribution is 5.99. The lowest BCUT2D eigenvalue weighted by Gasteiger charge is -2.05. The van der Waals surface area contributed by atoms with Crippen LogP contribution in [0.2, 0.25) is 0 Å². The molecule has 0 bridgehead atoms. The smallest absolute Gasteiger partial charge is 0.197 e. The van der Waals surface area contributed by atoms with E-state index in [2.05, 4.69) is 30.7 Å². The lowest BCUT2D eigenvalue weighted by atomic mass is 10.1. The highest BCUT2D eigenvalue weighted by Gasteiger charge is 2.08. The van der Waals surface area contributed by atoms with Crippen LogP contribution < -0.4 is 5.43 Å². The van der Waals surface area contributed by atoms with E-state index in [4.69, 9.17) is 0 Å². The summed E-state index contributed by atoms with van der Waals surface area (Å²) in [6, 6.07) is 17.6. The normalized spacial score (nSPS) is 11.8. The molecule has 24 heavy (non-hydrogen) atoms. The van der Waals surface area contributed by atoms with Crippen molar-refractivity contribution in [1.29, 1.82) is 0 Å². The molecule has 2 aromatic carbocycles. The number of hydrogen-bond acceptors (Lipinski definition) is 6. The Kier molecular flexibility index (Phi) is 3.55. The highest BCUT2D eigenvalue weighted by Crippen LogP contribution is 2.20. The third-order valence-electron chi connectivity index (χ3n) is 3.68. The molecule has 6 nitrogen and oxygen atoms in total. The van der Waals surface area contributed by atoms with Crippen molar-refractivity contribution in [2.24, 2.45) is 5.10 Å². The fraction of sp³-hybridized carbons (Fsp3) is 0.0556. The van der Waals surface area contributed by atoms with E-state index in [9.17, 15) is 0 Å². The van der Waals surface area contributed by atoms with Crippen LogP contribution in [0.5, 0.6) is 0 Å². The summed E-state index contributed by atoms with van der Waals surface area (Å²) in [6.45, 7) is 1.93. The van der Waals surface area contributed by atoms with Crippen molar-refractivity contribution in [3.63, 3.8) is 0 Å². The number of benzene rings is 2. The first-order valence-corrected chi connectivity index (χ1v) is 7.55. The summed E-state index contributed by atoms with van der Waals surface area (Å²) in [7, 11) is 0. The summed E-state index contributed by atoms with van der Waals surface area (Å²) in [5.41, 5.74) is 7.81. The van der Waals surface area contributed by atoms with Crippen LogP contribution in [0, 0.1) is 0 Å². The molecule has 6 heteroatoms. The molecule has 0 saturated heterocycles. The first-order chi connectivity index (χ1) is 11.8. The topological polar surface area (TPSA) is 76.0 Å². The van der Waals surface area contributed by atoms with E-state index in [-0.39, 0.29) is 0 Å². The van der Waals surface area contributed by atoms with Gasteiger partial charge in [-0.15, -0.1) is 5.10 Å². The molecule has 1 N–H and O–H groups in total. The summed E-state index contributed by atoms with van der Waals surface area (Å²) in [5, 5.41) is 12.5. The Morgan fingerprint density at radius 2 is 1.58 bits per heavy atom. The lowest BCUT2D eigenvalue weighted by Crippen LogP contribution is -2.03. The minimum absolute atomic E-state index is 0.487. The Morgan fingerprint density at radius 1 is 0.875 bits per heavy atom. The molecule has 0 atom stereocenters. The Bertz CT molecular complexity index is 1040. The van der Waals surface area contributed by atoms with Gasteiger partial charge in [0.1, 0.15) is 11.0 Å². The molecule has 0 aliphatic heterocycles. The van der Waals surface area contributed by atoms with Crippen LogP contribution >= 0.6 is 0 Å². The second-order valence-electron chi connectivity index (χ2n) is 5.31. The molecule has 0 fully saturated rings. The van der Waals surface area contributed by atoms with Crippen LogP contribution in [0.4, 0.5) is 5.82 Å². The quantitative estimate of drug-likeness (QED) is 0.356. The van der Waals surface area contributed by atoms with E-state index in [1.807, 2.05) is 61.5 Å². The van der Waals surface area contributed by atoms with Gasteiger partial charge in [0, 0.05) is 0 Å². The van der Waals surface area contributed by atoms with Gasteiger partial charge in [-0.25, -0.2) is 9.97 Å². The molecule has 0 spiro atoms. The van der Waals surface area contributed by atoms with Gasteiger partial charge in [0.05, 0.1) is 22.9 Å². The monoisotopic (exact) mass is 314 g/mol. The van der Waals surface area contributed by atoms with Crippen molar-refractivity contribution in [3.05, 3.63) is 66.4 Å². The maximum absolute atomic E-state index is 4.63. The van der Waals surface area contributed by atoms with Crippen molar-refractivity contribution in [3.8, 4) is 0 Å². The number of hydrogen-bond donors (Lipinski definition) is 1. The summed E-state index contributed by atoms with van der Waals surface area (Å²) in [6.07, 6.45) is 1.60. The molecule has 2 heterocycles. The van der Waals surface area contributed by atoms with Crippen molar-refractivity contribution in [1.82, 2.24) is 20.2 Å². The van der Waals surface area contributed by atoms with Crippen molar-refractivity contribution in [2.45, 2.75) is 6.92 Å². The number of nitrogens with one attached hydrogen (secondary N) is 1. The summed E-state index contributed by atoms with van der Waals surface area (Å²) in [5.74, 6) is 0.487. The summed E-state index contributed by atoms with van der Waals surface area (Å²) >= 11 is 0. The van der Waals surface area contributed by atoms with Crippen molar-refractivity contribution in [2.75, 3.05) is 5.43 Å². The number of rotatable bonds is 3. The number of aromatic nitrogens is 4. The van der Waals surface area contributed by atoms with Crippen LogP contribution in [-0.2, 0) is 0 Å². The number of anilines is 1. The maximum Gasteiger partial charge on any atom is 0.197 e. The zero-order valence-corrected chi connectivity index (χ0v) is 13.0. The van der Waals surface area contributed by atoms with Crippen molar-refractivity contribution < 1.29 is 0 Å². The molecule has 4 aromatic rings. The van der Waals surface area contributed by atoms with Crippen LogP contribution in [0.1, 0.15) is 12.5 Å². The number of para-hydroxylation sites is 2. The second kappa shape index (κ2) is 6.00. The van der Waals surface area contributed by atoms with Gasteiger partial charge in [-0.3, -0.25) is 5.43 Å². The van der Waals surface area contributed by atoms with E-state index in [1.165, 1.54) is 0 Å². The third-order valence-corrected chi connectivity index (χ3v) is 3.68. The standard InChI is InChI=1S/C18H14N6/c1-12(13-7-3-2-4-8-13)22-24-18-17-16(11-19-23-18)20-14-9-5-6-10-15(14)21-17/h2-11H,1H3,(H,23,24)/b22-12+. The Morgan fingerprint density at radius 3 is 2.38 bits per heavy atom. The molecule has 0 amide bonds. The molecular formula is C18H14N6. The molecule has 0 aliphatic rings. The number of fused-ring (bicyclic) bond motifs is 2. The first-order valence-electron chi connectivity index (χ1n) is 7.55. The maximum atomic E-state index is 4.63. The zero-order valence-electron chi connectivity index (χ0n) is 13.0. The second-order valence-corrected chi connectivity index (χ2v) is 5.31. The summed E-state index contributed by atoms with van der Waals surface area (Å²) < 4.78 is 0. The highest BCUT2D eigenvalue weighted by atomic mass is 15.3. The summed E-state index contributed by atoms with van der Waals surface area (Å²) in [4.78, 5) is 9.20. The van der Waals surface area contributed by atoms with Gasteiger partial charge in [-0.1, -0.05) is 42.5 Å². The van der Waals surface area contributed by atoms with Gasteiger partial charge in [-0.2, -0.15) is 10.2 Å². The van der Waals surface area contributed by atoms with Crippen molar-refractivity contribution >= 4 is 33.6 Å². The largest absolute Gasteiger partial charge is 0.258 e. The van der Waals surface area contributed by atoms with Crippen LogP contribution in [0.25, 0.3) is 22.1 Å². The predicted molar refractivity (Wildman–Crippen MR) is 94.9 cm³/mol. The molecule has 0 unspecified atom stereocenters. The average Bonchev–Trinajstić information content (AvgIpc) is 2.65. The minimum atomic E-state index is 0.487. The Labute approximate surface area is 138 Å². The molecule has 0 saturated carbocycles. The molecule has 0 aliphatic carbocycles. The molecule has 4 rings (SSSR count). The predicted octanol–water partition coefficient (Wildman–Crippen LogP) is 3.41. The van der Waals surface area contributed by atoms with Gasteiger partial charge in [0.25, 0.3) is 0 Å². The minimum Gasteiger partial charge on any atom is -0.258 e. The van der Waals surface area contributed by atoms with Crippen LogP contribution in [-0.4, -0.2) is 25.9 Å². The molecular weight excluding hydrogens is 300 g/mol. The van der Waals surface area contributed by atoms with E-state index < -0.39 is 0 Å². The van der Waals surface area contributed by atoms with E-state index in [0.717, 1.165) is 22.3 Å². The fourth-order valence-electron chi connectivity index (χ4n) is 2.42. The van der Waals surface area contributed by atoms with E-state index in [0.29, 0.717) is 16.9 Å². The Balaban J connectivity index is 1.75. The lowest BCUT2D eigenvalue weighted by molar-refractivity contribution is 1.03. The fourth-order valence-corrected chi connectivity index (χ4v) is 2.42. The molecule has 2 aromatic heterocycles. The number of nitrogens with zero attached hydrogens (tertiary/aromatic N) is 5. The van der Waals surface area contributed by atoms with E-state index in [1.54, 1.807) is 6.20 Å². The van der Waals surface area contributed by atoms with Gasteiger partial charge in [0.15, 0.2) is 5.82 Å². The van der Waals surface area contributed by atoms with Gasteiger partial charge in [0.2, 0.25) is 0 Å². The Hall–Kier alpha value is -3.41. The van der Waals surface area contributed by atoms with Gasteiger partial charge >= 0.3 is 0 Å². The molecule has 116 valence electrons.